The van der Waals surface area contributed by atoms with Crippen LogP contribution in [0.5, 0.6) is 0 Å². The number of aryl methyl sites for hydroxylation is 2. The zero-order valence-electron chi connectivity index (χ0n) is 18.3. The minimum atomic E-state index is 0.228. The molecule has 3 heterocycles. The van der Waals surface area contributed by atoms with E-state index >= 15 is 0 Å². The highest BCUT2D eigenvalue weighted by atomic mass is 16.2. The molecule has 1 fully saturated rings. The molecule has 0 saturated carbocycles. The zero-order valence-corrected chi connectivity index (χ0v) is 18.3. The third kappa shape index (κ3) is 4.21. The number of nitrogens with zero attached hydrogens (tertiary/aromatic N) is 4. The van der Waals surface area contributed by atoms with Crippen molar-refractivity contribution in [1.29, 1.82) is 0 Å². The van der Waals surface area contributed by atoms with Crippen LogP contribution in [0, 0.1) is 6.92 Å². The smallest absolute Gasteiger partial charge is 0.223 e. The normalized spacial score (nSPS) is 14.2. The van der Waals surface area contributed by atoms with Crippen LogP contribution >= 0.6 is 0 Å². The minimum Gasteiger partial charge on any atom is -0.352 e. The van der Waals surface area contributed by atoms with Gasteiger partial charge in [-0.25, -0.2) is 9.97 Å². The molecule has 1 aliphatic rings. The largest absolute Gasteiger partial charge is 0.352 e. The average molecular weight is 426 g/mol. The molecule has 0 unspecified atom stereocenters. The summed E-state index contributed by atoms with van der Waals surface area (Å²) in [5.74, 6) is 1.16. The Balaban J connectivity index is 1.24. The Kier molecular flexibility index (Phi) is 5.58. The van der Waals surface area contributed by atoms with Gasteiger partial charge in [-0.3, -0.25) is 4.79 Å². The van der Waals surface area contributed by atoms with Crippen molar-refractivity contribution < 1.29 is 4.79 Å². The Morgan fingerprint density at radius 1 is 0.969 bits per heavy atom. The standard InChI is InChI=1S/C26H27N5O/c1-19-7-9-20(10-8-19)11-12-24(32)30-13-15-31(16-14-30)26-22-17-23(21-5-3-2-4-6-21)29-25(22)27-18-28-26/h2-10,17-18H,11-16H2,1H3,(H,27,28,29). The molecule has 1 saturated heterocycles. The van der Waals surface area contributed by atoms with E-state index in [1.165, 1.54) is 11.1 Å². The number of fused-ring (bicyclic) bond motifs is 1. The first kappa shape index (κ1) is 20.2. The predicted octanol–water partition coefficient (Wildman–Crippen LogP) is 4.21. The van der Waals surface area contributed by atoms with Gasteiger partial charge in [0.05, 0.1) is 5.39 Å². The third-order valence-corrected chi connectivity index (χ3v) is 6.17. The summed E-state index contributed by atoms with van der Waals surface area (Å²) in [4.78, 5) is 29.4. The number of rotatable bonds is 5. The molecule has 162 valence electrons. The lowest BCUT2D eigenvalue weighted by Crippen LogP contribution is -2.49. The summed E-state index contributed by atoms with van der Waals surface area (Å²) in [6, 6.07) is 20.8. The summed E-state index contributed by atoms with van der Waals surface area (Å²) in [5.41, 5.74) is 5.46. The van der Waals surface area contributed by atoms with E-state index in [1.54, 1.807) is 6.33 Å². The molecule has 2 aromatic carbocycles. The minimum absolute atomic E-state index is 0.228. The molecule has 6 heteroatoms. The van der Waals surface area contributed by atoms with Gasteiger partial charge >= 0.3 is 0 Å². The van der Waals surface area contributed by atoms with Gasteiger partial charge in [-0.2, -0.15) is 0 Å². The maximum Gasteiger partial charge on any atom is 0.223 e. The molecule has 0 spiro atoms. The number of hydrogen-bond donors (Lipinski definition) is 1. The van der Waals surface area contributed by atoms with E-state index in [4.69, 9.17) is 0 Å². The van der Waals surface area contributed by atoms with E-state index in [9.17, 15) is 4.79 Å². The highest BCUT2D eigenvalue weighted by Gasteiger charge is 2.23. The highest BCUT2D eigenvalue weighted by Crippen LogP contribution is 2.29. The fourth-order valence-electron chi connectivity index (χ4n) is 4.28. The lowest BCUT2D eigenvalue weighted by molar-refractivity contribution is -0.131. The number of benzene rings is 2. The van der Waals surface area contributed by atoms with Crippen LogP contribution in [0.2, 0.25) is 0 Å². The Bertz CT molecular complexity index is 1210. The van der Waals surface area contributed by atoms with Gasteiger partial charge in [0.25, 0.3) is 0 Å². The fourth-order valence-corrected chi connectivity index (χ4v) is 4.28. The molecule has 32 heavy (non-hydrogen) atoms. The second kappa shape index (κ2) is 8.83. The number of carbonyl (C=O) groups excluding carboxylic acids is 1. The van der Waals surface area contributed by atoms with Crippen LogP contribution in [0.4, 0.5) is 5.82 Å². The van der Waals surface area contributed by atoms with E-state index in [1.807, 2.05) is 23.1 Å². The predicted molar refractivity (Wildman–Crippen MR) is 128 cm³/mol. The van der Waals surface area contributed by atoms with Gasteiger partial charge in [0.1, 0.15) is 17.8 Å². The van der Waals surface area contributed by atoms with Gasteiger partial charge in [0.2, 0.25) is 5.91 Å². The monoisotopic (exact) mass is 425 g/mol. The molecule has 0 aliphatic carbocycles. The molecule has 0 atom stereocenters. The van der Waals surface area contributed by atoms with Crippen LogP contribution in [0.15, 0.2) is 67.0 Å². The van der Waals surface area contributed by atoms with Crippen LogP contribution in [-0.2, 0) is 11.2 Å². The molecular formula is C26H27N5O. The van der Waals surface area contributed by atoms with E-state index in [0.717, 1.165) is 47.6 Å². The van der Waals surface area contributed by atoms with Crippen molar-refractivity contribution in [2.24, 2.45) is 0 Å². The van der Waals surface area contributed by atoms with Crippen molar-refractivity contribution in [1.82, 2.24) is 19.9 Å². The zero-order chi connectivity index (χ0) is 21.9. The van der Waals surface area contributed by atoms with Crippen molar-refractivity contribution in [3.63, 3.8) is 0 Å². The molecule has 4 aromatic rings. The highest BCUT2D eigenvalue weighted by molar-refractivity contribution is 5.92. The molecule has 6 nitrogen and oxygen atoms in total. The van der Waals surface area contributed by atoms with Crippen molar-refractivity contribution in [2.75, 3.05) is 31.1 Å². The molecule has 2 aromatic heterocycles. The Morgan fingerprint density at radius 2 is 1.72 bits per heavy atom. The number of aromatic amines is 1. The van der Waals surface area contributed by atoms with E-state index in [2.05, 4.69) is 69.2 Å². The topological polar surface area (TPSA) is 65.1 Å². The van der Waals surface area contributed by atoms with Crippen LogP contribution in [0.25, 0.3) is 22.3 Å². The lowest BCUT2D eigenvalue weighted by atomic mass is 10.1. The van der Waals surface area contributed by atoms with Gasteiger partial charge in [0, 0.05) is 38.3 Å². The van der Waals surface area contributed by atoms with Gasteiger partial charge in [-0.05, 0) is 30.5 Å². The molecule has 5 rings (SSSR count). The number of aromatic nitrogens is 3. The molecule has 1 amide bonds. The number of nitrogens with one attached hydrogen (secondary N) is 1. The Morgan fingerprint density at radius 3 is 2.47 bits per heavy atom. The quantitative estimate of drug-likeness (QED) is 0.520. The molecule has 1 aliphatic heterocycles. The summed E-state index contributed by atoms with van der Waals surface area (Å²) in [5, 5.41) is 1.02. The van der Waals surface area contributed by atoms with E-state index in [-0.39, 0.29) is 5.91 Å². The number of amides is 1. The number of anilines is 1. The van der Waals surface area contributed by atoms with Gasteiger partial charge in [0.15, 0.2) is 0 Å². The summed E-state index contributed by atoms with van der Waals surface area (Å²) in [6.07, 6.45) is 2.96. The van der Waals surface area contributed by atoms with Crippen molar-refractivity contribution in [2.45, 2.75) is 19.8 Å². The number of carbonyl (C=O) groups is 1. The van der Waals surface area contributed by atoms with E-state index in [0.29, 0.717) is 19.5 Å². The maximum atomic E-state index is 12.7. The maximum absolute atomic E-state index is 12.7. The Hall–Kier alpha value is -3.67. The second-order valence-corrected chi connectivity index (χ2v) is 8.36. The number of hydrogen-bond acceptors (Lipinski definition) is 4. The summed E-state index contributed by atoms with van der Waals surface area (Å²) in [7, 11) is 0. The van der Waals surface area contributed by atoms with Crippen molar-refractivity contribution >= 4 is 22.8 Å². The lowest BCUT2D eigenvalue weighted by Gasteiger charge is -2.35. The van der Waals surface area contributed by atoms with Gasteiger partial charge in [-0.1, -0.05) is 60.2 Å². The van der Waals surface area contributed by atoms with Crippen molar-refractivity contribution in [3.8, 4) is 11.3 Å². The molecule has 0 radical (unpaired) electrons. The Labute approximate surface area is 187 Å². The number of piperazine rings is 1. The molecular weight excluding hydrogens is 398 g/mol. The molecule has 0 bridgehead atoms. The van der Waals surface area contributed by atoms with Gasteiger partial charge < -0.3 is 14.8 Å². The second-order valence-electron chi connectivity index (χ2n) is 8.36. The first-order valence-corrected chi connectivity index (χ1v) is 11.1. The fraction of sp³-hybridized carbons (Fsp3) is 0.269. The molecule has 1 N–H and O–H groups in total. The van der Waals surface area contributed by atoms with Crippen molar-refractivity contribution in [3.05, 3.63) is 78.1 Å². The van der Waals surface area contributed by atoms with Crippen LogP contribution < -0.4 is 4.90 Å². The SMILES string of the molecule is Cc1ccc(CCC(=O)N2CCN(c3ncnc4[nH]c(-c5ccccc5)cc34)CC2)cc1. The van der Waals surface area contributed by atoms with Crippen LogP contribution in [0.1, 0.15) is 17.5 Å². The number of H-pyrrole nitrogens is 1. The van der Waals surface area contributed by atoms with Crippen LogP contribution in [0.3, 0.4) is 0 Å². The van der Waals surface area contributed by atoms with Crippen LogP contribution in [-0.4, -0.2) is 51.9 Å². The summed E-state index contributed by atoms with van der Waals surface area (Å²) >= 11 is 0. The average Bonchev–Trinajstić information content (AvgIpc) is 3.29. The van der Waals surface area contributed by atoms with E-state index < -0.39 is 0 Å². The summed E-state index contributed by atoms with van der Waals surface area (Å²) < 4.78 is 0. The van der Waals surface area contributed by atoms with Gasteiger partial charge in [-0.15, -0.1) is 0 Å². The first-order valence-electron chi connectivity index (χ1n) is 11.1. The summed E-state index contributed by atoms with van der Waals surface area (Å²) in [6.45, 7) is 5.06. The first-order chi connectivity index (χ1) is 15.7. The third-order valence-electron chi connectivity index (χ3n) is 6.17.